The third kappa shape index (κ3) is 2.29. The highest BCUT2D eigenvalue weighted by atomic mass is 32.1. The van der Waals surface area contributed by atoms with Crippen LogP contribution < -0.4 is 0 Å². The zero-order valence-electron chi connectivity index (χ0n) is 10.5. The summed E-state index contributed by atoms with van der Waals surface area (Å²) in [5.74, 6) is 0.0522. The molecule has 0 bridgehead atoms. The number of carbonyl (C=O) groups excluding carboxylic acids is 1. The fourth-order valence-corrected chi connectivity index (χ4v) is 2.91. The first-order valence-electron chi connectivity index (χ1n) is 6.15. The monoisotopic (exact) mass is 271 g/mol. The summed E-state index contributed by atoms with van der Waals surface area (Å²) in [6.07, 6.45) is 3.85. The number of thiazole rings is 1. The number of Topliss-reactive ketones (excluding diaryl/α,β-unsaturated/α-hetero) is 1. The number of ketones is 1. The molecule has 0 saturated heterocycles. The molecule has 0 fully saturated rings. The van der Waals surface area contributed by atoms with Crippen LogP contribution in [0.3, 0.4) is 0 Å². The van der Waals surface area contributed by atoms with Crippen LogP contribution in [0.4, 0.5) is 0 Å². The lowest BCUT2D eigenvalue weighted by molar-refractivity contribution is 0.0991. The van der Waals surface area contributed by atoms with Gasteiger partial charge in [-0.25, -0.2) is 9.97 Å². The van der Waals surface area contributed by atoms with E-state index >= 15 is 0 Å². The average molecular weight is 271 g/mol. The summed E-state index contributed by atoms with van der Waals surface area (Å²) in [6, 6.07) is 7.81. The second-order valence-electron chi connectivity index (χ2n) is 4.26. The van der Waals surface area contributed by atoms with Crippen LogP contribution in [-0.4, -0.2) is 20.3 Å². The van der Waals surface area contributed by atoms with Gasteiger partial charge in [0.25, 0.3) is 0 Å². The number of imidazole rings is 1. The number of benzene rings is 1. The Bertz CT molecular complexity index is 696. The van der Waals surface area contributed by atoms with Gasteiger partial charge in [-0.1, -0.05) is 12.1 Å². The highest BCUT2D eigenvalue weighted by molar-refractivity contribution is 7.20. The van der Waals surface area contributed by atoms with Crippen molar-refractivity contribution < 1.29 is 4.79 Å². The first-order chi connectivity index (χ1) is 9.28. The third-order valence-corrected chi connectivity index (χ3v) is 4.09. The van der Waals surface area contributed by atoms with Crippen molar-refractivity contribution in [2.24, 2.45) is 0 Å². The van der Waals surface area contributed by atoms with E-state index in [4.69, 9.17) is 0 Å². The van der Waals surface area contributed by atoms with Crippen molar-refractivity contribution in [3.63, 3.8) is 0 Å². The lowest BCUT2D eigenvalue weighted by Crippen LogP contribution is -2.07. The minimum Gasteiger partial charge on any atom is -0.334 e. The van der Waals surface area contributed by atoms with E-state index in [1.54, 1.807) is 12.5 Å². The summed E-state index contributed by atoms with van der Waals surface area (Å²) in [5, 5.41) is 0.574. The van der Waals surface area contributed by atoms with Gasteiger partial charge in [-0.05, 0) is 19.1 Å². The van der Waals surface area contributed by atoms with E-state index in [2.05, 4.69) is 9.97 Å². The largest absolute Gasteiger partial charge is 0.334 e. The molecule has 0 saturated carbocycles. The van der Waals surface area contributed by atoms with E-state index in [0.717, 1.165) is 22.5 Å². The molecule has 0 amide bonds. The van der Waals surface area contributed by atoms with Gasteiger partial charge in [-0.3, -0.25) is 4.79 Å². The van der Waals surface area contributed by atoms with Crippen molar-refractivity contribution in [3.05, 3.63) is 47.5 Å². The normalized spacial score (nSPS) is 11.0. The van der Waals surface area contributed by atoms with Gasteiger partial charge in [0.2, 0.25) is 0 Å². The third-order valence-electron chi connectivity index (χ3n) is 3.01. The number of nitrogens with zero attached hydrogens (tertiary/aromatic N) is 3. The maximum absolute atomic E-state index is 12.3. The standard InChI is InChI=1S/C14H13N3OS/c1-2-17-9-15-8-10(17)7-12(18)14-16-11-5-3-4-6-13(11)19-14/h3-6,8-9H,2,7H2,1H3. The highest BCUT2D eigenvalue weighted by Crippen LogP contribution is 2.22. The molecule has 1 aromatic carbocycles. The van der Waals surface area contributed by atoms with Crippen molar-refractivity contribution in [2.45, 2.75) is 19.9 Å². The van der Waals surface area contributed by atoms with Crippen LogP contribution >= 0.6 is 11.3 Å². The molecule has 19 heavy (non-hydrogen) atoms. The van der Waals surface area contributed by atoms with Gasteiger partial charge < -0.3 is 4.57 Å². The Morgan fingerprint density at radius 3 is 3.00 bits per heavy atom. The fourth-order valence-electron chi connectivity index (χ4n) is 2.01. The molecular formula is C14H13N3OS. The Labute approximate surface area is 114 Å². The molecule has 2 heterocycles. The molecule has 3 rings (SSSR count). The highest BCUT2D eigenvalue weighted by Gasteiger charge is 2.14. The summed E-state index contributed by atoms with van der Waals surface area (Å²) in [6.45, 7) is 2.86. The molecule has 0 aliphatic heterocycles. The quantitative estimate of drug-likeness (QED) is 0.685. The average Bonchev–Trinajstić information content (AvgIpc) is 3.03. The zero-order chi connectivity index (χ0) is 13.2. The van der Waals surface area contributed by atoms with Gasteiger partial charge >= 0.3 is 0 Å². The molecular weight excluding hydrogens is 258 g/mol. The molecule has 0 spiro atoms. The van der Waals surface area contributed by atoms with Crippen LogP contribution in [0.5, 0.6) is 0 Å². The Morgan fingerprint density at radius 2 is 2.21 bits per heavy atom. The van der Waals surface area contributed by atoms with Crippen LogP contribution in [0.2, 0.25) is 0 Å². The number of para-hydroxylation sites is 1. The van der Waals surface area contributed by atoms with Crippen LogP contribution in [0.15, 0.2) is 36.8 Å². The Hall–Kier alpha value is -2.01. The predicted molar refractivity (Wildman–Crippen MR) is 75.6 cm³/mol. The summed E-state index contributed by atoms with van der Waals surface area (Å²) in [7, 11) is 0. The molecule has 0 aliphatic rings. The molecule has 4 nitrogen and oxygen atoms in total. The van der Waals surface area contributed by atoms with Gasteiger partial charge in [-0.15, -0.1) is 11.3 Å². The van der Waals surface area contributed by atoms with Gasteiger partial charge in [0.15, 0.2) is 10.8 Å². The first kappa shape index (κ1) is 12.0. The maximum Gasteiger partial charge on any atom is 0.197 e. The lowest BCUT2D eigenvalue weighted by Gasteiger charge is -2.02. The van der Waals surface area contributed by atoms with Crippen LogP contribution in [0, 0.1) is 0 Å². The Kier molecular flexibility index (Phi) is 3.13. The van der Waals surface area contributed by atoms with Crippen molar-refractivity contribution in [1.82, 2.24) is 14.5 Å². The molecule has 96 valence electrons. The summed E-state index contributed by atoms with van der Waals surface area (Å²) >= 11 is 1.45. The van der Waals surface area contributed by atoms with Crippen molar-refractivity contribution in [3.8, 4) is 0 Å². The molecule has 5 heteroatoms. The molecule has 0 atom stereocenters. The number of rotatable bonds is 4. The number of aromatic nitrogens is 3. The maximum atomic E-state index is 12.3. The predicted octanol–water partition coefficient (Wildman–Crippen LogP) is 2.94. The van der Waals surface area contributed by atoms with E-state index in [0.29, 0.717) is 11.4 Å². The second-order valence-corrected chi connectivity index (χ2v) is 5.29. The van der Waals surface area contributed by atoms with E-state index in [-0.39, 0.29) is 5.78 Å². The van der Waals surface area contributed by atoms with E-state index in [1.165, 1.54) is 11.3 Å². The first-order valence-corrected chi connectivity index (χ1v) is 6.97. The SMILES string of the molecule is CCn1cncc1CC(=O)c1nc2ccccc2s1. The summed E-state index contributed by atoms with van der Waals surface area (Å²) < 4.78 is 3.03. The summed E-state index contributed by atoms with van der Waals surface area (Å²) in [4.78, 5) is 20.7. The number of hydrogen-bond donors (Lipinski definition) is 0. The molecule has 0 unspecified atom stereocenters. The van der Waals surface area contributed by atoms with Gasteiger partial charge in [0.1, 0.15) is 0 Å². The van der Waals surface area contributed by atoms with Crippen molar-refractivity contribution in [2.75, 3.05) is 0 Å². The molecule has 0 N–H and O–H groups in total. The molecule has 2 aromatic heterocycles. The minimum atomic E-state index is 0.0522. The molecule has 0 radical (unpaired) electrons. The van der Waals surface area contributed by atoms with Crippen molar-refractivity contribution >= 4 is 27.3 Å². The zero-order valence-corrected chi connectivity index (χ0v) is 11.4. The van der Waals surface area contributed by atoms with Crippen LogP contribution in [0.1, 0.15) is 22.4 Å². The number of aryl methyl sites for hydroxylation is 1. The van der Waals surface area contributed by atoms with Crippen LogP contribution in [0.25, 0.3) is 10.2 Å². The lowest BCUT2D eigenvalue weighted by atomic mass is 10.2. The minimum absolute atomic E-state index is 0.0522. The van der Waals surface area contributed by atoms with Crippen LogP contribution in [-0.2, 0) is 13.0 Å². The number of fused-ring (bicyclic) bond motifs is 1. The van der Waals surface area contributed by atoms with Crippen molar-refractivity contribution in [1.29, 1.82) is 0 Å². The second kappa shape index (κ2) is 4.93. The number of hydrogen-bond acceptors (Lipinski definition) is 4. The summed E-state index contributed by atoms with van der Waals surface area (Å²) in [5.41, 5.74) is 1.83. The number of carbonyl (C=O) groups is 1. The Balaban J connectivity index is 1.87. The topological polar surface area (TPSA) is 47.8 Å². The fraction of sp³-hybridized carbons (Fsp3) is 0.214. The smallest absolute Gasteiger partial charge is 0.197 e. The Morgan fingerprint density at radius 1 is 1.37 bits per heavy atom. The van der Waals surface area contributed by atoms with E-state index in [9.17, 15) is 4.79 Å². The van der Waals surface area contributed by atoms with Gasteiger partial charge in [-0.2, -0.15) is 0 Å². The molecule has 0 aliphatic carbocycles. The van der Waals surface area contributed by atoms with Gasteiger partial charge in [0, 0.05) is 18.4 Å². The van der Waals surface area contributed by atoms with E-state index < -0.39 is 0 Å². The molecule has 3 aromatic rings. The van der Waals surface area contributed by atoms with Gasteiger partial charge in [0.05, 0.1) is 23.0 Å². The van der Waals surface area contributed by atoms with E-state index in [1.807, 2.05) is 35.8 Å².